The molecule has 0 bridgehead atoms. The third-order valence-corrected chi connectivity index (χ3v) is 6.12. The third-order valence-electron chi connectivity index (χ3n) is 6.12. The van der Waals surface area contributed by atoms with Crippen LogP contribution in [-0.4, -0.2) is 35.9 Å². The Morgan fingerprint density at radius 3 is 2.50 bits per heavy atom. The molecule has 4 heteroatoms. The van der Waals surface area contributed by atoms with Gasteiger partial charge in [-0.2, -0.15) is 0 Å². The van der Waals surface area contributed by atoms with E-state index in [2.05, 4.69) is 47.8 Å². The molecule has 26 heavy (non-hydrogen) atoms. The highest BCUT2D eigenvalue weighted by Gasteiger charge is 2.32. The zero-order valence-corrected chi connectivity index (χ0v) is 16.9. The first-order valence-electron chi connectivity index (χ1n) is 9.97. The van der Waals surface area contributed by atoms with Gasteiger partial charge in [0.05, 0.1) is 0 Å². The Balaban J connectivity index is 0.00000196. The highest BCUT2D eigenvalue weighted by molar-refractivity contribution is 6.11. The van der Waals surface area contributed by atoms with Crippen LogP contribution in [-0.2, 0) is 6.42 Å². The minimum absolute atomic E-state index is 0. The summed E-state index contributed by atoms with van der Waals surface area (Å²) in [5.41, 5.74) is 3.67. The number of benzene rings is 1. The maximum atomic E-state index is 13.4. The summed E-state index contributed by atoms with van der Waals surface area (Å²) in [6.07, 6.45) is 9.73. The van der Waals surface area contributed by atoms with E-state index in [4.69, 9.17) is 0 Å². The molecule has 1 aromatic heterocycles. The van der Waals surface area contributed by atoms with Crippen LogP contribution < -0.4 is 0 Å². The van der Waals surface area contributed by atoms with Crippen LogP contribution in [0.5, 0.6) is 0 Å². The highest BCUT2D eigenvalue weighted by Crippen LogP contribution is 2.39. The van der Waals surface area contributed by atoms with Crippen molar-refractivity contribution in [2.75, 3.05) is 20.6 Å². The van der Waals surface area contributed by atoms with Crippen molar-refractivity contribution in [3.05, 3.63) is 35.5 Å². The van der Waals surface area contributed by atoms with Crippen LogP contribution in [0.15, 0.2) is 24.3 Å². The van der Waals surface area contributed by atoms with Gasteiger partial charge in [0.1, 0.15) is 0 Å². The first-order valence-corrected chi connectivity index (χ1v) is 9.97. The molecule has 0 saturated heterocycles. The Bertz CT molecular complexity index is 774. The van der Waals surface area contributed by atoms with Crippen molar-refractivity contribution in [3.63, 3.8) is 0 Å². The Labute approximate surface area is 163 Å². The summed E-state index contributed by atoms with van der Waals surface area (Å²) in [5.74, 6) is 0.522. The van der Waals surface area contributed by atoms with E-state index in [-0.39, 0.29) is 18.3 Å². The fourth-order valence-corrected chi connectivity index (χ4v) is 5.06. The van der Waals surface area contributed by atoms with Crippen molar-refractivity contribution in [3.8, 4) is 0 Å². The number of nitrogens with zero attached hydrogens (tertiary/aromatic N) is 2. The molecular formula is C22H31ClN2O. The molecule has 0 radical (unpaired) electrons. The lowest BCUT2D eigenvalue weighted by Gasteiger charge is -2.26. The molecule has 0 N–H and O–H groups in total. The summed E-state index contributed by atoms with van der Waals surface area (Å²) in [4.78, 5) is 15.6. The fourth-order valence-electron chi connectivity index (χ4n) is 5.06. The Morgan fingerprint density at radius 2 is 1.77 bits per heavy atom. The zero-order chi connectivity index (χ0) is 17.4. The minimum Gasteiger partial charge on any atom is -0.341 e. The van der Waals surface area contributed by atoms with Gasteiger partial charge in [-0.05, 0) is 52.3 Å². The summed E-state index contributed by atoms with van der Waals surface area (Å²) < 4.78 is 2.57. The van der Waals surface area contributed by atoms with Crippen LogP contribution in [0.3, 0.4) is 0 Å². The maximum Gasteiger partial charge on any atom is 0.169 e. The molecule has 1 heterocycles. The molecule has 3 nitrogen and oxygen atoms in total. The van der Waals surface area contributed by atoms with Gasteiger partial charge < -0.3 is 9.47 Å². The number of halogens is 1. The van der Waals surface area contributed by atoms with Gasteiger partial charge in [-0.15, -0.1) is 12.4 Å². The van der Waals surface area contributed by atoms with Gasteiger partial charge in [0, 0.05) is 40.7 Å². The SMILES string of the molecule is CN(C)CC1CCCc2c(c3ccccc3n2C2CCCCC2)C1=O.Cl. The molecule has 0 aliphatic heterocycles. The van der Waals surface area contributed by atoms with Gasteiger partial charge in [-0.1, -0.05) is 37.5 Å². The summed E-state index contributed by atoms with van der Waals surface area (Å²) in [5, 5.41) is 1.19. The Kier molecular flexibility index (Phi) is 6.09. The number of fused-ring (bicyclic) bond motifs is 3. The number of ketones is 1. The van der Waals surface area contributed by atoms with E-state index < -0.39 is 0 Å². The number of carbonyl (C=O) groups excluding carboxylic acids is 1. The molecule has 1 saturated carbocycles. The summed E-state index contributed by atoms with van der Waals surface area (Å²) in [6.45, 7) is 0.862. The predicted molar refractivity (Wildman–Crippen MR) is 111 cm³/mol. The molecule has 4 rings (SSSR count). The van der Waals surface area contributed by atoms with Crippen molar-refractivity contribution in [2.24, 2.45) is 5.92 Å². The van der Waals surface area contributed by atoms with Gasteiger partial charge in [-0.3, -0.25) is 4.79 Å². The van der Waals surface area contributed by atoms with Crippen LogP contribution in [0.1, 0.15) is 67.0 Å². The second kappa shape index (κ2) is 8.14. The molecule has 142 valence electrons. The first-order chi connectivity index (χ1) is 12.2. The standard InChI is InChI=1S/C22H30N2O.ClH/c1-23(2)15-16-9-8-14-20-21(22(16)25)18-12-6-7-13-19(18)24(20)17-10-4-3-5-11-17;/h6-7,12-13,16-17H,3-5,8-11,14-15H2,1-2H3;1H. The van der Waals surface area contributed by atoms with Crippen molar-refractivity contribution < 1.29 is 4.79 Å². The molecule has 0 amide bonds. The van der Waals surface area contributed by atoms with Gasteiger partial charge >= 0.3 is 0 Å². The molecule has 2 aromatic rings. The van der Waals surface area contributed by atoms with Crippen molar-refractivity contribution >= 4 is 29.1 Å². The third kappa shape index (κ3) is 3.44. The highest BCUT2D eigenvalue weighted by atomic mass is 35.5. The normalized spacial score (nSPS) is 21.5. The maximum absolute atomic E-state index is 13.4. The lowest BCUT2D eigenvalue weighted by molar-refractivity contribution is 0.0894. The average Bonchev–Trinajstić information content (AvgIpc) is 2.86. The number of hydrogen-bond acceptors (Lipinski definition) is 2. The van der Waals surface area contributed by atoms with E-state index in [9.17, 15) is 4.79 Å². The second-order valence-corrected chi connectivity index (χ2v) is 8.22. The minimum atomic E-state index is 0. The van der Waals surface area contributed by atoms with Crippen LogP contribution in [0.4, 0.5) is 0 Å². The number of carbonyl (C=O) groups is 1. The lowest BCUT2D eigenvalue weighted by Crippen LogP contribution is -2.27. The monoisotopic (exact) mass is 374 g/mol. The van der Waals surface area contributed by atoms with Crippen LogP contribution in [0.25, 0.3) is 10.9 Å². The van der Waals surface area contributed by atoms with E-state index >= 15 is 0 Å². The number of para-hydroxylation sites is 1. The van der Waals surface area contributed by atoms with Crippen LogP contribution in [0, 0.1) is 5.92 Å². The van der Waals surface area contributed by atoms with Crippen LogP contribution in [0.2, 0.25) is 0 Å². The van der Waals surface area contributed by atoms with Crippen LogP contribution >= 0.6 is 12.4 Å². The zero-order valence-electron chi connectivity index (χ0n) is 16.0. The number of rotatable bonds is 3. The largest absolute Gasteiger partial charge is 0.341 e. The van der Waals surface area contributed by atoms with Gasteiger partial charge in [0.25, 0.3) is 0 Å². The molecule has 2 aliphatic carbocycles. The molecule has 1 unspecified atom stereocenters. The lowest BCUT2D eigenvalue weighted by atomic mass is 9.94. The molecule has 0 spiro atoms. The molecule has 1 atom stereocenters. The van der Waals surface area contributed by atoms with Gasteiger partial charge in [-0.25, -0.2) is 0 Å². The fraction of sp³-hybridized carbons (Fsp3) is 0.591. The second-order valence-electron chi connectivity index (χ2n) is 8.22. The Hall–Kier alpha value is -1.32. The van der Waals surface area contributed by atoms with Crippen molar-refractivity contribution in [1.82, 2.24) is 9.47 Å². The predicted octanol–water partition coefficient (Wildman–Crippen LogP) is 5.27. The summed E-state index contributed by atoms with van der Waals surface area (Å²) in [7, 11) is 4.15. The quantitative estimate of drug-likeness (QED) is 0.684. The van der Waals surface area contributed by atoms with E-state index in [1.807, 2.05) is 0 Å². The van der Waals surface area contributed by atoms with Gasteiger partial charge in [0.15, 0.2) is 5.78 Å². The van der Waals surface area contributed by atoms with E-state index in [0.29, 0.717) is 11.8 Å². The van der Waals surface area contributed by atoms with Gasteiger partial charge in [0.2, 0.25) is 0 Å². The molecule has 1 aromatic carbocycles. The van der Waals surface area contributed by atoms with E-state index in [0.717, 1.165) is 31.4 Å². The Morgan fingerprint density at radius 1 is 1.04 bits per heavy atom. The van der Waals surface area contributed by atoms with E-state index in [1.54, 1.807) is 0 Å². The van der Waals surface area contributed by atoms with Crippen molar-refractivity contribution in [1.29, 1.82) is 0 Å². The molecule has 1 fully saturated rings. The first kappa shape index (κ1) is 19.4. The van der Waals surface area contributed by atoms with E-state index in [1.165, 1.54) is 48.7 Å². The summed E-state index contributed by atoms with van der Waals surface area (Å²) >= 11 is 0. The number of aromatic nitrogens is 1. The smallest absolute Gasteiger partial charge is 0.169 e. The number of Topliss-reactive ketones (excluding diaryl/α,β-unsaturated/α-hetero) is 1. The summed E-state index contributed by atoms with van der Waals surface area (Å²) in [6, 6.07) is 9.20. The van der Waals surface area contributed by atoms with Crippen molar-refractivity contribution in [2.45, 2.75) is 57.4 Å². The number of hydrogen-bond donors (Lipinski definition) is 0. The molecule has 2 aliphatic rings. The average molecular weight is 375 g/mol. The molecular weight excluding hydrogens is 344 g/mol. The topological polar surface area (TPSA) is 25.2 Å².